The van der Waals surface area contributed by atoms with E-state index >= 15 is 0 Å². The van der Waals surface area contributed by atoms with Crippen molar-refractivity contribution in [3.05, 3.63) is 29.6 Å². The first kappa shape index (κ1) is 12.3. The highest BCUT2D eigenvalue weighted by Gasteiger charge is 2.16. The number of aliphatic hydroxyl groups is 1. The van der Waals surface area contributed by atoms with E-state index in [0.29, 0.717) is 0 Å². The molecule has 86 valence electrons. The van der Waals surface area contributed by atoms with Crippen LogP contribution in [-0.4, -0.2) is 24.2 Å². The number of aliphatic hydroxyl groups excluding tert-OH is 1. The highest BCUT2D eigenvalue weighted by molar-refractivity contribution is 5.57. The molecule has 1 rings (SSSR count). The number of nitriles is 1. The number of rotatable bonds is 4. The maximum absolute atomic E-state index is 12.7. The van der Waals surface area contributed by atoms with Gasteiger partial charge in [-0.2, -0.15) is 5.26 Å². The number of nitrogens with zero attached hydrogens (tertiary/aromatic N) is 1. The molecule has 0 aliphatic rings. The van der Waals surface area contributed by atoms with Crippen LogP contribution in [0.1, 0.15) is 5.56 Å². The van der Waals surface area contributed by atoms with E-state index in [4.69, 9.17) is 10.4 Å². The highest BCUT2D eigenvalue weighted by Crippen LogP contribution is 2.16. The van der Waals surface area contributed by atoms with Gasteiger partial charge in [-0.3, -0.25) is 0 Å². The van der Waals surface area contributed by atoms with Crippen molar-refractivity contribution in [3.8, 4) is 6.07 Å². The van der Waals surface area contributed by atoms with E-state index in [2.05, 4.69) is 5.32 Å². The molecule has 1 atom stereocenters. The first-order valence-electron chi connectivity index (χ1n) is 4.44. The summed E-state index contributed by atoms with van der Waals surface area (Å²) in [5.74, 6) is -0.587. The Morgan fingerprint density at radius 1 is 1.44 bits per heavy atom. The number of alkyl halides is 2. The number of hydrogen-bond donors (Lipinski definition) is 2. The predicted octanol–water partition coefficient (Wildman–Crippen LogP) is 1.74. The third-order valence-electron chi connectivity index (χ3n) is 1.89. The van der Waals surface area contributed by atoms with Gasteiger partial charge in [-0.25, -0.2) is 13.2 Å². The molecule has 0 aliphatic heterocycles. The van der Waals surface area contributed by atoms with Gasteiger partial charge in [0.2, 0.25) is 0 Å². The lowest BCUT2D eigenvalue weighted by Gasteiger charge is -2.12. The summed E-state index contributed by atoms with van der Waals surface area (Å²) in [7, 11) is 0. The normalized spacial score (nSPS) is 12.2. The van der Waals surface area contributed by atoms with Crippen LogP contribution in [0.5, 0.6) is 0 Å². The minimum absolute atomic E-state index is 0.00136. The van der Waals surface area contributed by atoms with Crippen molar-refractivity contribution in [2.24, 2.45) is 0 Å². The second-order valence-corrected chi connectivity index (χ2v) is 3.08. The van der Waals surface area contributed by atoms with Gasteiger partial charge in [0.1, 0.15) is 18.0 Å². The quantitative estimate of drug-likeness (QED) is 0.828. The van der Waals surface area contributed by atoms with E-state index in [-0.39, 0.29) is 11.3 Å². The van der Waals surface area contributed by atoms with Gasteiger partial charge in [0.15, 0.2) is 0 Å². The minimum atomic E-state index is -2.86. The van der Waals surface area contributed by atoms with Crippen molar-refractivity contribution in [2.75, 3.05) is 11.9 Å². The summed E-state index contributed by atoms with van der Waals surface area (Å²) >= 11 is 0. The molecule has 1 aromatic rings. The molecular formula is C10H9F3N2O. The van der Waals surface area contributed by atoms with Gasteiger partial charge in [-0.1, -0.05) is 0 Å². The molecule has 0 fully saturated rings. The average molecular weight is 230 g/mol. The van der Waals surface area contributed by atoms with Crippen LogP contribution in [0.3, 0.4) is 0 Å². The smallest absolute Gasteiger partial charge is 0.265 e. The molecule has 2 N–H and O–H groups in total. The Bertz CT molecular complexity index is 404. The Kier molecular flexibility index (Phi) is 4.14. The van der Waals surface area contributed by atoms with Gasteiger partial charge in [0.05, 0.1) is 11.3 Å². The standard InChI is InChI=1S/C10H9F3N2O/c11-7-1-2-8(6(3-7)4-14)15-5-9(16)10(12)13/h1-3,9-10,15-16H,5H2. The van der Waals surface area contributed by atoms with E-state index in [1.807, 2.05) is 0 Å². The van der Waals surface area contributed by atoms with Crippen molar-refractivity contribution in [3.63, 3.8) is 0 Å². The lowest BCUT2D eigenvalue weighted by molar-refractivity contribution is 0.00384. The zero-order valence-electron chi connectivity index (χ0n) is 8.12. The summed E-state index contributed by atoms with van der Waals surface area (Å²) in [6.45, 7) is -0.405. The third-order valence-corrected chi connectivity index (χ3v) is 1.89. The van der Waals surface area contributed by atoms with Crippen molar-refractivity contribution in [2.45, 2.75) is 12.5 Å². The molecule has 0 aromatic heterocycles. The lowest BCUT2D eigenvalue weighted by atomic mass is 10.2. The molecule has 6 heteroatoms. The number of hydrogen-bond acceptors (Lipinski definition) is 3. The molecular weight excluding hydrogens is 221 g/mol. The highest BCUT2D eigenvalue weighted by atomic mass is 19.3. The van der Waals surface area contributed by atoms with Gasteiger partial charge in [-0.15, -0.1) is 0 Å². The van der Waals surface area contributed by atoms with Crippen LogP contribution in [-0.2, 0) is 0 Å². The summed E-state index contributed by atoms with van der Waals surface area (Å²) in [5.41, 5.74) is 0.213. The molecule has 0 saturated heterocycles. The molecule has 1 aromatic carbocycles. The molecule has 0 aliphatic carbocycles. The Balaban J connectivity index is 2.71. The largest absolute Gasteiger partial charge is 0.385 e. The topological polar surface area (TPSA) is 56.0 Å². The third kappa shape index (κ3) is 3.14. The monoisotopic (exact) mass is 230 g/mol. The van der Waals surface area contributed by atoms with Gasteiger partial charge in [-0.05, 0) is 18.2 Å². The summed E-state index contributed by atoms with van der Waals surface area (Å²) in [6.07, 6.45) is -4.69. The first-order chi connectivity index (χ1) is 7.54. The maximum Gasteiger partial charge on any atom is 0.265 e. The average Bonchev–Trinajstić information content (AvgIpc) is 2.26. The molecule has 0 amide bonds. The van der Waals surface area contributed by atoms with Crippen LogP contribution in [0.4, 0.5) is 18.9 Å². The Labute approximate surface area is 90.1 Å². The molecule has 0 spiro atoms. The van der Waals surface area contributed by atoms with Crippen LogP contribution in [0.2, 0.25) is 0 Å². The predicted molar refractivity (Wildman–Crippen MR) is 51.6 cm³/mol. The summed E-state index contributed by atoms with van der Waals surface area (Å²) < 4.78 is 36.6. The number of halogens is 3. The molecule has 3 nitrogen and oxygen atoms in total. The summed E-state index contributed by atoms with van der Waals surface area (Å²) in [6, 6.07) is 5.05. The van der Waals surface area contributed by atoms with E-state index < -0.39 is 24.9 Å². The van der Waals surface area contributed by atoms with Crippen LogP contribution in [0.15, 0.2) is 18.2 Å². The van der Waals surface area contributed by atoms with E-state index in [1.54, 1.807) is 6.07 Å². The summed E-state index contributed by atoms with van der Waals surface area (Å²) in [4.78, 5) is 0. The fourth-order valence-electron chi connectivity index (χ4n) is 1.07. The number of anilines is 1. The minimum Gasteiger partial charge on any atom is -0.385 e. The van der Waals surface area contributed by atoms with Gasteiger partial charge < -0.3 is 10.4 Å². The molecule has 16 heavy (non-hydrogen) atoms. The second kappa shape index (κ2) is 5.37. The fraction of sp³-hybridized carbons (Fsp3) is 0.300. The zero-order chi connectivity index (χ0) is 12.1. The lowest BCUT2D eigenvalue weighted by Crippen LogP contribution is -2.27. The Morgan fingerprint density at radius 2 is 2.12 bits per heavy atom. The Morgan fingerprint density at radius 3 is 2.69 bits per heavy atom. The molecule has 1 unspecified atom stereocenters. The van der Waals surface area contributed by atoms with Gasteiger partial charge >= 0.3 is 0 Å². The summed E-state index contributed by atoms with van der Waals surface area (Å²) in [5, 5.41) is 19.9. The van der Waals surface area contributed by atoms with Gasteiger partial charge in [0, 0.05) is 6.54 Å². The first-order valence-corrected chi connectivity index (χ1v) is 4.44. The maximum atomic E-state index is 12.7. The molecule has 0 saturated carbocycles. The fourth-order valence-corrected chi connectivity index (χ4v) is 1.07. The zero-order valence-corrected chi connectivity index (χ0v) is 8.12. The van der Waals surface area contributed by atoms with Crippen molar-refractivity contribution in [1.29, 1.82) is 5.26 Å². The SMILES string of the molecule is N#Cc1cc(F)ccc1NCC(O)C(F)F. The molecule has 0 radical (unpaired) electrons. The molecule has 0 heterocycles. The van der Waals surface area contributed by atoms with Crippen LogP contribution >= 0.6 is 0 Å². The van der Waals surface area contributed by atoms with E-state index in [9.17, 15) is 13.2 Å². The van der Waals surface area contributed by atoms with Crippen LogP contribution in [0, 0.1) is 17.1 Å². The van der Waals surface area contributed by atoms with E-state index in [0.717, 1.165) is 12.1 Å². The van der Waals surface area contributed by atoms with Crippen LogP contribution in [0.25, 0.3) is 0 Å². The van der Waals surface area contributed by atoms with E-state index in [1.165, 1.54) is 6.07 Å². The van der Waals surface area contributed by atoms with Gasteiger partial charge in [0.25, 0.3) is 6.43 Å². The Hall–Kier alpha value is -1.74. The van der Waals surface area contributed by atoms with Crippen molar-refractivity contribution in [1.82, 2.24) is 0 Å². The van der Waals surface area contributed by atoms with Crippen molar-refractivity contribution < 1.29 is 18.3 Å². The second-order valence-electron chi connectivity index (χ2n) is 3.08. The number of benzene rings is 1. The van der Waals surface area contributed by atoms with Crippen LogP contribution < -0.4 is 5.32 Å². The van der Waals surface area contributed by atoms with Crippen molar-refractivity contribution >= 4 is 5.69 Å². The number of nitrogens with one attached hydrogen (secondary N) is 1. The molecule has 0 bridgehead atoms.